The molecule has 9 heteroatoms. The number of thiophene rings is 1. The first kappa shape index (κ1) is 22.6. The van der Waals surface area contributed by atoms with Crippen LogP contribution in [0.3, 0.4) is 0 Å². The molecular formula is C19H23ClIN5OS. The topological polar surface area (TPSA) is 75.3 Å². The average molecular weight is 532 g/mol. The van der Waals surface area contributed by atoms with Crippen LogP contribution in [0.5, 0.6) is 0 Å². The van der Waals surface area contributed by atoms with Crippen LogP contribution in [-0.4, -0.2) is 29.2 Å². The monoisotopic (exact) mass is 531 g/mol. The molecule has 0 radical (unpaired) electrons. The van der Waals surface area contributed by atoms with E-state index in [1.807, 2.05) is 19.1 Å². The molecule has 3 aromatic rings. The molecule has 1 atom stereocenters. The molecule has 2 heterocycles. The summed E-state index contributed by atoms with van der Waals surface area (Å²) in [4.78, 5) is 10.3. The average Bonchev–Trinajstić information content (AvgIpc) is 3.35. The van der Waals surface area contributed by atoms with E-state index in [1.54, 1.807) is 23.5 Å². The lowest BCUT2D eigenvalue weighted by Gasteiger charge is -2.16. The molecule has 0 amide bonds. The van der Waals surface area contributed by atoms with Gasteiger partial charge in [-0.3, -0.25) is 4.99 Å². The lowest BCUT2D eigenvalue weighted by Crippen LogP contribution is -2.38. The summed E-state index contributed by atoms with van der Waals surface area (Å²) in [5.41, 5.74) is 0.873. The van der Waals surface area contributed by atoms with Gasteiger partial charge in [0.25, 0.3) is 0 Å². The fraction of sp³-hybridized carbons (Fsp3) is 0.316. The van der Waals surface area contributed by atoms with Crippen molar-refractivity contribution in [3.63, 3.8) is 0 Å². The van der Waals surface area contributed by atoms with Gasteiger partial charge < -0.3 is 15.2 Å². The Morgan fingerprint density at radius 3 is 2.75 bits per heavy atom. The van der Waals surface area contributed by atoms with Crippen LogP contribution in [0, 0.1) is 0 Å². The minimum Gasteiger partial charge on any atom is -0.357 e. The summed E-state index contributed by atoms with van der Waals surface area (Å²) in [5.74, 6) is 1.89. The highest BCUT2D eigenvalue weighted by Crippen LogP contribution is 2.19. The minimum absolute atomic E-state index is 0. The van der Waals surface area contributed by atoms with Crippen LogP contribution in [-0.2, 0) is 6.42 Å². The largest absolute Gasteiger partial charge is 0.357 e. The number of aromatic nitrogens is 2. The molecule has 0 aliphatic heterocycles. The zero-order chi connectivity index (χ0) is 19.1. The van der Waals surface area contributed by atoms with Crippen molar-refractivity contribution in [1.29, 1.82) is 0 Å². The third-order valence-electron chi connectivity index (χ3n) is 3.83. The molecule has 0 bridgehead atoms. The van der Waals surface area contributed by atoms with Crippen LogP contribution < -0.4 is 10.6 Å². The molecule has 3 rings (SSSR count). The van der Waals surface area contributed by atoms with Crippen molar-refractivity contribution in [2.45, 2.75) is 26.3 Å². The second-order valence-electron chi connectivity index (χ2n) is 5.91. The van der Waals surface area contributed by atoms with Gasteiger partial charge in [-0.05, 0) is 49.6 Å². The molecule has 0 saturated carbocycles. The Bertz CT molecular complexity index is 867. The predicted octanol–water partition coefficient (Wildman–Crippen LogP) is 4.93. The molecule has 0 spiro atoms. The van der Waals surface area contributed by atoms with Gasteiger partial charge in [-0.25, -0.2) is 0 Å². The van der Waals surface area contributed by atoms with Crippen LogP contribution in [0.2, 0.25) is 5.02 Å². The van der Waals surface area contributed by atoms with E-state index in [0.29, 0.717) is 29.7 Å². The van der Waals surface area contributed by atoms with Gasteiger partial charge in [-0.15, -0.1) is 35.3 Å². The van der Waals surface area contributed by atoms with Gasteiger partial charge in [-0.2, -0.15) is 4.98 Å². The number of benzene rings is 1. The molecule has 1 unspecified atom stereocenters. The number of halogens is 2. The Balaban J connectivity index is 0.00000280. The van der Waals surface area contributed by atoms with E-state index >= 15 is 0 Å². The van der Waals surface area contributed by atoms with E-state index in [4.69, 9.17) is 16.1 Å². The molecule has 0 saturated heterocycles. The number of hydrogen-bond donors (Lipinski definition) is 2. The van der Waals surface area contributed by atoms with Gasteiger partial charge in [-0.1, -0.05) is 22.8 Å². The molecule has 6 nitrogen and oxygen atoms in total. The van der Waals surface area contributed by atoms with E-state index in [9.17, 15) is 0 Å². The fourth-order valence-corrected chi connectivity index (χ4v) is 3.33. The summed E-state index contributed by atoms with van der Waals surface area (Å²) in [6, 6.07) is 11.7. The third-order valence-corrected chi connectivity index (χ3v) is 5.14. The SMILES string of the molecule is CCNC(=NCCc1nc(-c2ccc(Cl)cc2)no1)NC(C)c1cccs1.I. The summed E-state index contributed by atoms with van der Waals surface area (Å²) in [6.45, 7) is 5.51. The summed E-state index contributed by atoms with van der Waals surface area (Å²) in [5, 5.41) is 13.5. The molecule has 2 N–H and O–H groups in total. The van der Waals surface area contributed by atoms with Crippen molar-refractivity contribution in [3.8, 4) is 11.4 Å². The first-order valence-electron chi connectivity index (χ1n) is 8.82. The highest BCUT2D eigenvalue weighted by molar-refractivity contribution is 14.0. The number of rotatable bonds is 7. The Labute approximate surface area is 190 Å². The van der Waals surface area contributed by atoms with Gasteiger partial charge in [0.05, 0.1) is 12.6 Å². The van der Waals surface area contributed by atoms with Crippen LogP contribution in [0.4, 0.5) is 0 Å². The standard InChI is InChI=1S/C19H22ClN5OS.HI/c1-3-21-19(23-13(2)16-5-4-12-27-16)22-11-10-17-24-18(25-26-17)14-6-8-15(20)9-7-14;/h4-9,12-13H,3,10-11H2,1-2H3,(H2,21,22,23);1H. The van der Waals surface area contributed by atoms with Crippen molar-refractivity contribution < 1.29 is 4.52 Å². The van der Waals surface area contributed by atoms with Crippen LogP contribution in [0.1, 0.15) is 30.7 Å². The highest BCUT2D eigenvalue weighted by atomic mass is 127. The summed E-state index contributed by atoms with van der Waals surface area (Å²) >= 11 is 7.63. The van der Waals surface area contributed by atoms with E-state index < -0.39 is 0 Å². The number of aliphatic imine (C=N–C) groups is 1. The van der Waals surface area contributed by atoms with Crippen molar-refractivity contribution in [3.05, 3.63) is 57.6 Å². The molecule has 28 heavy (non-hydrogen) atoms. The van der Waals surface area contributed by atoms with Crippen molar-refractivity contribution in [2.24, 2.45) is 4.99 Å². The molecule has 2 aromatic heterocycles. The number of hydrogen-bond acceptors (Lipinski definition) is 5. The van der Waals surface area contributed by atoms with Crippen LogP contribution in [0.25, 0.3) is 11.4 Å². The lowest BCUT2D eigenvalue weighted by atomic mass is 10.2. The highest BCUT2D eigenvalue weighted by Gasteiger charge is 2.10. The number of guanidine groups is 1. The number of nitrogens with zero attached hydrogens (tertiary/aromatic N) is 3. The maximum atomic E-state index is 5.91. The van der Waals surface area contributed by atoms with Crippen LogP contribution >= 0.6 is 46.9 Å². The zero-order valence-corrected chi connectivity index (χ0v) is 19.6. The Morgan fingerprint density at radius 1 is 1.29 bits per heavy atom. The Kier molecular flexibility index (Phi) is 9.20. The first-order chi connectivity index (χ1) is 13.2. The second-order valence-corrected chi connectivity index (χ2v) is 7.33. The van der Waals surface area contributed by atoms with Crippen molar-refractivity contribution >= 4 is 52.9 Å². The smallest absolute Gasteiger partial charge is 0.228 e. The van der Waals surface area contributed by atoms with E-state index in [2.05, 4.69) is 50.2 Å². The molecule has 0 aliphatic rings. The predicted molar refractivity (Wildman–Crippen MR) is 126 cm³/mol. The molecule has 150 valence electrons. The van der Waals surface area contributed by atoms with Gasteiger partial charge in [0.15, 0.2) is 5.96 Å². The van der Waals surface area contributed by atoms with Gasteiger partial charge >= 0.3 is 0 Å². The second kappa shape index (κ2) is 11.4. The van der Waals surface area contributed by atoms with Gasteiger partial charge in [0.1, 0.15) is 0 Å². The maximum Gasteiger partial charge on any atom is 0.228 e. The Hall–Kier alpha value is -1.65. The zero-order valence-electron chi connectivity index (χ0n) is 15.7. The van der Waals surface area contributed by atoms with Gasteiger partial charge in [0, 0.05) is 28.4 Å². The van der Waals surface area contributed by atoms with E-state index in [0.717, 1.165) is 18.1 Å². The van der Waals surface area contributed by atoms with Crippen molar-refractivity contribution in [2.75, 3.05) is 13.1 Å². The summed E-state index contributed by atoms with van der Waals surface area (Å²) < 4.78 is 5.33. The van der Waals surface area contributed by atoms with E-state index in [-0.39, 0.29) is 30.0 Å². The molecule has 0 fully saturated rings. The summed E-state index contributed by atoms with van der Waals surface area (Å²) in [7, 11) is 0. The van der Waals surface area contributed by atoms with E-state index in [1.165, 1.54) is 4.88 Å². The third kappa shape index (κ3) is 6.46. The maximum absolute atomic E-state index is 5.91. The molecular weight excluding hydrogens is 509 g/mol. The molecule has 0 aliphatic carbocycles. The first-order valence-corrected chi connectivity index (χ1v) is 10.1. The van der Waals surface area contributed by atoms with Crippen molar-refractivity contribution in [1.82, 2.24) is 20.8 Å². The lowest BCUT2D eigenvalue weighted by molar-refractivity contribution is 0.380. The normalized spacial score (nSPS) is 12.3. The summed E-state index contributed by atoms with van der Waals surface area (Å²) in [6.07, 6.45) is 0.574. The minimum atomic E-state index is 0. The van der Waals surface area contributed by atoms with Gasteiger partial charge in [0.2, 0.25) is 11.7 Å². The quantitative estimate of drug-likeness (QED) is 0.257. The Morgan fingerprint density at radius 2 is 2.07 bits per heavy atom. The van der Waals surface area contributed by atoms with Crippen LogP contribution in [0.15, 0.2) is 51.3 Å². The fourth-order valence-electron chi connectivity index (χ4n) is 2.47. The molecule has 1 aromatic carbocycles. The number of nitrogens with one attached hydrogen (secondary N) is 2.